The lowest BCUT2D eigenvalue weighted by Gasteiger charge is -2.34. The van der Waals surface area contributed by atoms with Gasteiger partial charge in [-0.2, -0.15) is 18.3 Å². The predicted molar refractivity (Wildman–Crippen MR) is 131 cm³/mol. The Hall–Kier alpha value is -3.57. The van der Waals surface area contributed by atoms with E-state index in [0.717, 1.165) is 6.07 Å². The summed E-state index contributed by atoms with van der Waals surface area (Å²) >= 11 is 0. The number of hydrogen-bond acceptors (Lipinski definition) is 7. The van der Waals surface area contributed by atoms with E-state index in [1.165, 1.54) is 32.2 Å². The number of halogens is 5. The van der Waals surface area contributed by atoms with Crippen LogP contribution in [0.25, 0.3) is 0 Å². The monoisotopic (exact) mass is 541 g/mol. The van der Waals surface area contributed by atoms with Crippen molar-refractivity contribution in [1.29, 1.82) is 0 Å². The van der Waals surface area contributed by atoms with E-state index >= 15 is 0 Å². The Labute approximate surface area is 216 Å². The zero-order chi connectivity index (χ0) is 27.6. The van der Waals surface area contributed by atoms with Gasteiger partial charge in [-0.25, -0.2) is 8.78 Å². The molecule has 12 heteroatoms. The molecule has 0 amide bonds. The molecule has 0 aromatic heterocycles. The van der Waals surface area contributed by atoms with Crippen LogP contribution >= 0.6 is 0 Å². The zero-order valence-corrected chi connectivity index (χ0v) is 21.1. The van der Waals surface area contributed by atoms with Gasteiger partial charge in [0.1, 0.15) is 23.3 Å². The fourth-order valence-corrected chi connectivity index (χ4v) is 4.74. The summed E-state index contributed by atoms with van der Waals surface area (Å²) in [7, 11) is 2.56. The van der Waals surface area contributed by atoms with Crippen LogP contribution in [0.1, 0.15) is 26.2 Å². The van der Waals surface area contributed by atoms with Gasteiger partial charge in [0.15, 0.2) is 11.6 Å². The smallest absolute Gasteiger partial charge is 0.431 e. The highest BCUT2D eigenvalue weighted by Crippen LogP contribution is 2.37. The number of esters is 1. The minimum atomic E-state index is -4.62. The average Bonchev–Trinajstić information content (AvgIpc) is 3.22. The number of ether oxygens (including phenoxy) is 3. The molecule has 0 aliphatic carbocycles. The predicted octanol–water partition coefficient (Wildman–Crippen LogP) is 5.33. The van der Waals surface area contributed by atoms with Crippen LogP contribution in [0.5, 0.6) is 11.5 Å². The van der Waals surface area contributed by atoms with Crippen molar-refractivity contribution in [1.82, 2.24) is 0 Å². The maximum Gasteiger partial charge on any atom is 0.431 e. The van der Waals surface area contributed by atoms with Crippen LogP contribution in [0.3, 0.4) is 0 Å². The first-order valence-electron chi connectivity index (χ1n) is 12.1. The quantitative estimate of drug-likeness (QED) is 0.349. The van der Waals surface area contributed by atoms with E-state index in [2.05, 4.69) is 9.84 Å². The Kier molecular flexibility index (Phi) is 7.98. The van der Waals surface area contributed by atoms with Gasteiger partial charge in [0.05, 0.1) is 38.1 Å². The molecule has 2 aliphatic heterocycles. The molecule has 2 aromatic rings. The second-order valence-electron chi connectivity index (χ2n) is 9.20. The first-order chi connectivity index (χ1) is 18.0. The van der Waals surface area contributed by atoms with Crippen LogP contribution in [0.4, 0.5) is 33.3 Å². The van der Waals surface area contributed by atoms with Crippen molar-refractivity contribution in [3.8, 4) is 11.5 Å². The van der Waals surface area contributed by atoms with Crippen LogP contribution in [-0.4, -0.2) is 57.3 Å². The second-order valence-corrected chi connectivity index (χ2v) is 9.20. The van der Waals surface area contributed by atoms with Gasteiger partial charge < -0.3 is 19.1 Å². The molecule has 0 bridgehead atoms. The number of piperidine rings is 1. The zero-order valence-electron chi connectivity index (χ0n) is 21.1. The second kappa shape index (κ2) is 11.0. The summed E-state index contributed by atoms with van der Waals surface area (Å²) < 4.78 is 84.4. The summed E-state index contributed by atoms with van der Waals surface area (Å²) in [5.74, 6) is -2.84. The Morgan fingerprint density at radius 2 is 1.71 bits per heavy atom. The van der Waals surface area contributed by atoms with Gasteiger partial charge in [-0.3, -0.25) is 9.80 Å². The molecule has 1 fully saturated rings. The van der Waals surface area contributed by atoms with Gasteiger partial charge in [0.2, 0.25) is 0 Å². The molecule has 2 aromatic carbocycles. The fraction of sp³-hybridized carbons (Fsp3) is 0.462. The summed E-state index contributed by atoms with van der Waals surface area (Å²) in [5, 5.41) is 4.99. The van der Waals surface area contributed by atoms with Crippen molar-refractivity contribution >= 4 is 23.1 Å². The van der Waals surface area contributed by atoms with Crippen LogP contribution in [0, 0.1) is 17.6 Å². The Balaban J connectivity index is 1.42. The number of hydrazone groups is 1. The number of hydrogen-bond donors (Lipinski definition) is 0. The number of rotatable bonds is 7. The molecule has 0 spiro atoms. The molecule has 2 atom stereocenters. The lowest BCUT2D eigenvalue weighted by Crippen LogP contribution is -2.38. The largest absolute Gasteiger partial charge is 0.497 e. The lowest BCUT2D eigenvalue weighted by molar-refractivity contribution is -0.141. The van der Waals surface area contributed by atoms with Gasteiger partial charge >= 0.3 is 12.1 Å². The maximum absolute atomic E-state index is 14.3. The average molecular weight is 542 g/mol. The van der Waals surface area contributed by atoms with E-state index in [0.29, 0.717) is 37.4 Å². The highest BCUT2D eigenvalue weighted by Gasteiger charge is 2.48. The molecule has 1 saturated heterocycles. The molecule has 206 valence electrons. The van der Waals surface area contributed by atoms with Gasteiger partial charge in [-0.05, 0) is 24.3 Å². The number of anilines is 2. The maximum atomic E-state index is 14.3. The first kappa shape index (κ1) is 27.5. The third-order valence-corrected chi connectivity index (χ3v) is 6.84. The Morgan fingerprint density at radius 1 is 1.05 bits per heavy atom. The number of methoxy groups -OCH3 is 2. The molecule has 7 nitrogen and oxygen atoms in total. The van der Waals surface area contributed by atoms with E-state index < -0.39 is 41.5 Å². The normalized spacial score (nSPS) is 20.4. The highest BCUT2D eigenvalue weighted by molar-refractivity contribution is 5.96. The van der Waals surface area contributed by atoms with Gasteiger partial charge in [-0.1, -0.05) is 6.92 Å². The first-order valence-corrected chi connectivity index (χ1v) is 12.1. The number of carbonyl (C=O) groups excluding carboxylic acids is 1. The Bertz CT molecular complexity index is 1180. The number of nitrogens with zero attached hydrogens (tertiary/aromatic N) is 3. The molecular weight excluding hydrogens is 513 g/mol. The minimum Gasteiger partial charge on any atom is -0.497 e. The van der Waals surface area contributed by atoms with Crippen molar-refractivity contribution in [2.75, 3.05) is 37.2 Å². The standard InChI is InChI=1S/C26H28F5N3O4/c1-15-21(14-23(35)37-3)34(32-25(15)26(29,30)31)16-4-6-17(7-5-16)38-18-8-10-33(11-9-18)22-13-19(36-2)12-20(27)24(22)28/h4-7,12-13,15,18,21H,8-11,14H2,1-3H3/t15-,21-/m0/s1. The van der Waals surface area contributed by atoms with E-state index in [1.807, 2.05) is 0 Å². The molecule has 0 unspecified atom stereocenters. The van der Waals surface area contributed by atoms with E-state index in [-0.39, 0.29) is 24.0 Å². The van der Waals surface area contributed by atoms with Crippen molar-refractivity contribution < 1.29 is 41.0 Å². The van der Waals surface area contributed by atoms with E-state index in [4.69, 9.17) is 9.47 Å². The fourth-order valence-electron chi connectivity index (χ4n) is 4.74. The van der Waals surface area contributed by atoms with Gasteiger partial charge in [0.25, 0.3) is 0 Å². The summed E-state index contributed by atoms with van der Waals surface area (Å²) in [5.41, 5.74) is -0.446. The summed E-state index contributed by atoms with van der Waals surface area (Å²) in [6, 6.07) is 8.01. The lowest BCUT2D eigenvalue weighted by atomic mass is 9.94. The van der Waals surface area contributed by atoms with Crippen LogP contribution < -0.4 is 19.4 Å². The SMILES string of the molecule is COC(=O)C[C@H]1[C@H](C)C(C(F)(F)F)=NN1c1ccc(OC2CCN(c3cc(OC)cc(F)c3F)CC2)cc1. The third-order valence-electron chi connectivity index (χ3n) is 6.84. The Morgan fingerprint density at radius 3 is 2.29 bits per heavy atom. The van der Waals surface area contributed by atoms with E-state index in [1.54, 1.807) is 29.2 Å². The number of benzene rings is 2. The van der Waals surface area contributed by atoms with Crippen molar-refractivity contribution in [3.63, 3.8) is 0 Å². The van der Waals surface area contributed by atoms with Gasteiger partial charge in [0, 0.05) is 44.0 Å². The molecule has 0 radical (unpaired) electrons. The van der Waals surface area contributed by atoms with Crippen molar-refractivity contribution in [2.24, 2.45) is 11.0 Å². The molecule has 38 heavy (non-hydrogen) atoms. The van der Waals surface area contributed by atoms with Crippen LogP contribution in [0.15, 0.2) is 41.5 Å². The number of alkyl halides is 3. The van der Waals surface area contributed by atoms with Crippen LogP contribution in [0.2, 0.25) is 0 Å². The summed E-state index contributed by atoms with van der Waals surface area (Å²) in [6.07, 6.45) is -3.98. The highest BCUT2D eigenvalue weighted by atomic mass is 19.4. The summed E-state index contributed by atoms with van der Waals surface area (Å²) in [4.78, 5) is 13.6. The minimum absolute atomic E-state index is 0.129. The number of carbonyl (C=O) groups is 1. The topological polar surface area (TPSA) is 63.6 Å². The molecule has 2 heterocycles. The third kappa shape index (κ3) is 5.78. The molecule has 2 aliphatic rings. The molecule has 0 N–H and O–H groups in total. The summed E-state index contributed by atoms with van der Waals surface area (Å²) in [6.45, 7) is 2.25. The molecule has 4 rings (SSSR count). The van der Waals surface area contributed by atoms with Gasteiger partial charge in [-0.15, -0.1) is 0 Å². The van der Waals surface area contributed by atoms with Crippen molar-refractivity contribution in [3.05, 3.63) is 48.0 Å². The van der Waals surface area contributed by atoms with E-state index in [9.17, 15) is 26.7 Å². The van der Waals surface area contributed by atoms with Crippen molar-refractivity contribution in [2.45, 2.75) is 44.5 Å². The molecular formula is C26H28F5N3O4. The van der Waals surface area contributed by atoms with Crippen LogP contribution in [-0.2, 0) is 9.53 Å². The molecule has 0 saturated carbocycles.